The van der Waals surface area contributed by atoms with Crippen LogP contribution in [0.5, 0.6) is 5.75 Å². The minimum atomic E-state index is -1.01. The predicted octanol–water partition coefficient (Wildman–Crippen LogP) is 2.54. The van der Waals surface area contributed by atoms with Crippen molar-refractivity contribution in [1.82, 2.24) is 20.2 Å². The van der Waals surface area contributed by atoms with Gasteiger partial charge in [0, 0.05) is 29.3 Å². The molecule has 0 radical (unpaired) electrons. The average Bonchev–Trinajstić information content (AvgIpc) is 3.22. The summed E-state index contributed by atoms with van der Waals surface area (Å²) in [6, 6.07) is 7.95. The summed E-state index contributed by atoms with van der Waals surface area (Å²) in [5.74, 6) is -0.857. The number of benzene rings is 2. The van der Waals surface area contributed by atoms with Crippen molar-refractivity contribution >= 4 is 29.4 Å². The first-order valence-corrected chi connectivity index (χ1v) is 12.2. The fraction of sp³-hybridized carbons (Fsp3) is 0.308. The van der Waals surface area contributed by atoms with E-state index in [1.54, 1.807) is 25.1 Å². The molecule has 1 aliphatic heterocycles. The van der Waals surface area contributed by atoms with Crippen molar-refractivity contribution in [3.05, 3.63) is 70.1 Å². The highest BCUT2D eigenvalue weighted by Gasteiger charge is 2.30. The van der Waals surface area contributed by atoms with E-state index in [0.29, 0.717) is 22.6 Å². The lowest BCUT2D eigenvalue weighted by atomic mass is 10.0. The largest absolute Gasteiger partial charge is 0.497 e. The first-order chi connectivity index (χ1) is 18.2. The summed E-state index contributed by atoms with van der Waals surface area (Å²) in [6.45, 7) is 1.04. The zero-order valence-corrected chi connectivity index (χ0v) is 21.5. The van der Waals surface area contributed by atoms with Gasteiger partial charge in [0.05, 0.1) is 43.3 Å². The van der Waals surface area contributed by atoms with Gasteiger partial charge in [-0.05, 0) is 36.8 Å². The number of aromatic nitrogens is 2. The van der Waals surface area contributed by atoms with Crippen LogP contribution in [0.2, 0.25) is 5.02 Å². The van der Waals surface area contributed by atoms with Gasteiger partial charge in [0.1, 0.15) is 18.1 Å². The van der Waals surface area contributed by atoms with Gasteiger partial charge in [-0.25, -0.2) is 14.4 Å². The molecule has 0 spiro atoms. The van der Waals surface area contributed by atoms with Crippen LogP contribution in [-0.4, -0.2) is 69.8 Å². The summed E-state index contributed by atoms with van der Waals surface area (Å²) in [5.41, 5.74) is 2.20. The Labute approximate surface area is 223 Å². The van der Waals surface area contributed by atoms with Crippen molar-refractivity contribution in [2.24, 2.45) is 0 Å². The van der Waals surface area contributed by atoms with Crippen molar-refractivity contribution in [3.8, 4) is 17.0 Å². The third kappa shape index (κ3) is 5.85. The fourth-order valence-corrected chi connectivity index (χ4v) is 4.29. The molecule has 1 aliphatic rings. The normalized spacial score (nSPS) is 14.2. The minimum Gasteiger partial charge on any atom is -0.497 e. The van der Waals surface area contributed by atoms with Gasteiger partial charge in [0.2, 0.25) is 11.9 Å². The molecule has 2 amide bonds. The lowest BCUT2D eigenvalue weighted by molar-refractivity contribution is -0.122. The number of hydrogen-bond donors (Lipinski definition) is 4. The smallest absolute Gasteiger partial charge is 0.254 e. The number of nitrogens with zero attached hydrogens (tertiary/aromatic N) is 3. The third-order valence-corrected chi connectivity index (χ3v) is 6.36. The van der Waals surface area contributed by atoms with E-state index >= 15 is 0 Å². The molecule has 0 unspecified atom stereocenters. The Morgan fingerprint density at radius 3 is 2.74 bits per heavy atom. The number of carbonyl (C=O) groups is 2. The molecule has 4 rings (SSSR count). The first-order valence-electron chi connectivity index (χ1n) is 11.8. The van der Waals surface area contributed by atoms with Crippen molar-refractivity contribution in [3.63, 3.8) is 0 Å². The van der Waals surface area contributed by atoms with Crippen LogP contribution < -0.4 is 15.4 Å². The molecule has 12 heteroatoms. The van der Waals surface area contributed by atoms with Crippen LogP contribution in [-0.2, 0) is 11.3 Å². The van der Waals surface area contributed by atoms with Gasteiger partial charge in [-0.1, -0.05) is 23.7 Å². The van der Waals surface area contributed by atoms with Gasteiger partial charge < -0.3 is 30.5 Å². The lowest BCUT2D eigenvalue weighted by Gasteiger charge is -2.21. The summed E-state index contributed by atoms with van der Waals surface area (Å²) in [5, 5.41) is 24.9. The number of anilines is 1. The molecule has 0 fully saturated rings. The highest BCUT2D eigenvalue weighted by molar-refractivity contribution is 6.33. The van der Waals surface area contributed by atoms with E-state index in [9.17, 15) is 24.2 Å². The number of amides is 2. The zero-order chi connectivity index (χ0) is 27.4. The Morgan fingerprint density at radius 1 is 1.24 bits per heavy atom. The number of halogens is 2. The summed E-state index contributed by atoms with van der Waals surface area (Å²) in [6.07, 6.45) is 1.44. The molecule has 4 N–H and O–H groups in total. The van der Waals surface area contributed by atoms with Gasteiger partial charge >= 0.3 is 0 Å². The number of carbonyl (C=O) groups excluding carboxylic acids is 2. The predicted molar refractivity (Wildman–Crippen MR) is 138 cm³/mol. The van der Waals surface area contributed by atoms with E-state index in [4.69, 9.17) is 16.3 Å². The highest BCUT2D eigenvalue weighted by Crippen LogP contribution is 2.31. The fourth-order valence-electron chi connectivity index (χ4n) is 4.09. The number of ether oxygens (including phenoxy) is 1. The third-order valence-electron chi connectivity index (χ3n) is 6.09. The number of methoxy groups -OCH3 is 1. The van der Waals surface area contributed by atoms with Crippen molar-refractivity contribution in [2.75, 3.05) is 32.2 Å². The number of rotatable bonds is 10. The van der Waals surface area contributed by atoms with Crippen LogP contribution >= 0.6 is 11.6 Å². The molecule has 10 nitrogen and oxygen atoms in total. The molecule has 200 valence electrons. The molecule has 0 saturated heterocycles. The number of nitrogens with one attached hydrogen (secondary N) is 2. The summed E-state index contributed by atoms with van der Waals surface area (Å²) in [4.78, 5) is 35.8. The molecule has 38 heavy (non-hydrogen) atoms. The summed E-state index contributed by atoms with van der Waals surface area (Å²) < 4.78 is 19.4. The minimum absolute atomic E-state index is 0.0739. The number of fused-ring (bicyclic) bond motifs is 1. The van der Waals surface area contributed by atoms with Crippen LogP contribution in [0, 0.1) is 5.82 Å². The summed E-state index contributed by atoms with van der Waals surface area (Å²) >= 11 is 6.32. The van der Waals surface area contributed by atoms with E-state index in [0.717, 1.165) is 5.56 Å². The van der Waals surface area contributed by atoms with Crippen LogP contribution in [0.25, 0.3) is 11.3 Å². The van der Waals surface area contributed by atoms with E-state index < -0.39 is 24.4 Å². The van der Waals surface area contributed by atoms with Crippen LogP contribution in [0.15, 0.2) is 42.6 Å². The molecular formula is C26H27ClFN5O5. The maximum atomic E-state index is 14.3. The van der Waals surface area contributed by atoms with Crippen LogP contribution in [0.1, 0.15) is 34.5 Å². The van der Waals surface area contributed by atoms with Crippen molar-refractivity contribution in [2.45, 2.75) is 25.6 Å². The quantitative estimate of drug-likeness (QED) is 0.306. The van der Waals surface area contributed by atoms with Crippen LogP contribution in [0.4, 0.5) is 10.3 Å². The maximum Gasteiger partial charge on any atom is 0.254 e. The van der Waals surface area contributed by atoms with Gasteiger partial charge in [0.25, 0.3) is 5.91 Å². The monoisotopic (exact) mass is 543 g/mol. The SMILES string of the molecule is COc1ccc(F)c([C@@H](CO)NC(=O)CN2Cc3ccc(-c4nc(N[C@@H](C)CO)ncc4Cl)cc3C2=O)c1. The molecule has 0 bridgehead atoms. The molecule has 0 saturated carbocycles. The molecule has 2 atom stereocenters. The highest BCUT2D eigenvalue weighted by atomic mass is 35.5. The Kier molecular flexibility index (Phi) is 8.40. The molecule has 2 heterocycles. The summed E-state index contributed by atoms with van der Waals surface area (Å²) in [7, 11) is 1.43. The first kappa shape index (κ1) is 27.2. The standard InChI is InChI=1S/C26H27ClFN5O5/c1-14(12-34)30-26-29-9-20(27)24(32-26)15-3-4-16-10-33(25(37)18(16)7-15)11-23(36)31-22(13-35)19-8-17(38-2)5-6-21(19)28/h3-9,14,22,34-35H,10-13H2,1-2H3,(H,31,36)(H,29,30,32)/t14-,22+/m0/s1. The Balaban J connectivity index is 1.48. The average molecular weight is 544 g/mol. The number of aliphatic hydroxyl groups excluding tert-OH is 2. The van der Waals surface area contributed by atoms with Gasteiger partial charge in [-0.3, -0.25) is 9.59 Å². The number of aliphatic hydroxyl groups is 2. The van der Waals surface area contributed by atoms with Gasteiger partial charge in [0.15, 0.2) is 0 Å². The topological polar surface area (TPSA) is 137 Å². The lowest BCUT2D eigenvalue weighted by Crippen LogP contribution is -2.40. The van der Waals surface area contributed by atoms with Gasteiger partial charge in [-0.15, -0.1) is 0 Å². The molecule has 2 aromatic carbocycles. The second kappa shape index (κ2) is 11.7. The second-order valence-electron chi connectivity index (χ2n) is 8.84. The van der Waals surface area contributed by atoms with Crippen LogP contribution in [0.3, 0.4) is 0 Å². The molecule has 1 aromatic heterocycles. The Morgan fingerprint density at radius 2 is 2.03 bits per heavy atom. The molecule has 0 aliphatic carbocycles. The molecule has 3 aromatic rings. The van der Waals surface area contributed by atoms with E-state index in [2.05, 4.69) is 20.6 Å². The van der Waals surface area contributed by atoms with E-state index in [1.165, 1.54) is 36.4 Å². The van der Waals surface area contributed by atoms with Crippen molar-refractivity contribution in [1.29, 1.82) is 0 Å². The van der Waals surface area contributed by atoms with E-state index in [-0.39, 0.29) is 48.2 Å². The maximum absolute atomic E-state index is 14.3. The van der Waals surface area contributed by atoms with Gasteiger partial charge in [-0.2, -0.15) is 0 Å². The number of hydrogen-bond acceptors (Lipinski definition) is 8. The Hall–Kier alpha value is -3.80. The zero-order valence-electron chi connectivity index (χ0n) is 20.7. The second-order valence-corrected chi connectivity index (χ2v) is 9.25. The Bertz CT molecular complexity index is 1360. The van der Waals surface area contributed by atoms with E-state index in [1.807, 2.05) is 0 Å². The van der Waals surface area contributed by atoms with Crippen molar-refractivity contribution < 1.29 is 28.9 Å². The molecular weight excluding hydrogens is 517 g/mol.